The number of rotatable bonds is 5. The average Bonchev–Trinajstić information content (AvgIpc) is 3.15. The Morgan fingerprint density at radius 1 is 1.11 bits per heavy atom. The monoisotopic (exact) mass is 392 g/mol. The molecule has 0 unspecified atom stereocenters. The Bertz CT molecular complexity index is 1180. The molecule has 0 aliphatic carbocycles. The second-order valence-corrected chi connectivity index (χ2v) is 7.87. The van der Waals surface area contributed by atoms with E-state index in [2.05, 4.69) is 46.5 Å². The highest BCUT2D eigenvalue weighted by molar-refractivity contribution is 7.98. The number of fused-ring (bicyclic) bond motifs is 1. The highest BCUT2D eigenvalue weighted by atomic mass is 32.2. The Morgan fingerprint density at radius 3 is 2.64 bits per heavy atom. The first-order chi connectivity index (χ1) is 13.5. The minimum atomic E-state index is -0.0897. The summed E-state index contributed by atoms with van der Waals surface area (Å²) in [7, 11) is 0. The summed E-state index contributed by atoms with van der Waals surface area (Å²) in [5.41, 5.74) is 4.43. The van der Waals surface area contributed by atoms with Crippen molar-refractivity contribution in [3.05, 3.63) is 75.8 Å². The number of aryl methyl sites for hydroxylation is 1. The second-order valence-electron chi connectivity index (χ2n) is 6.93. The Kier molecular flexibility index (Phi) is 4.95. The Hall–Kier alpha value is -3.00. The number of tetrazole rings is 1. The molecule has 0 aliphatic rings. The van der Waals surface area contributed by atoms with Crippen LogP contribution in [-0.2, 0) is 5.75 Å². The molecule has 0 atom stereocenters. The molecule has 8 heteroatoms. The smallest absolute Gasteiger partial charge is 0.258 e. The molecule has 0 aliphatic heterocycles. The molecule has 142 valence electrons. The summed E-state index contributed by atoms with van der Waals surface area (Å²) < 4.78 is 3.26. The van der Waals surface area contributed by atoms with Gasteiger partial charge in [-0.25, -0.2) is 4.98 Å². The molecule has 0 amide bonds. The predicted octanol–water partition coefficient (Wildman–Crippen LogP) is 3.39. The fourth-order valence-corrected chi connectivity index (χ4v) is 3.69. The SMILES string of the molecule is Cc1ccc2nc(CSc3nnnn3-c3ccc(C(C)C)cc3)cc(=O)n2c1. The van der Waals surface area contributed by atoms with E-state index in [9.17, 15) is 4.79 Å². The topological polar surface area (TPSA) is 78.0 Å². The third-order valence-corrected chi connectivity index (χ3v) is 5.41. The van der Waals surface area contributed by atoms with Crippen LogP contribution in [0.1, 0.15) is 36.6 Å². The lowest BCUT2D eigenvalue weighted by molar-refractivity contribution is 0.754. The van der Waals surface area contributed by atoms with Crippen LogP contribution in [0.3, 0.4) is 0 Å². The van der Waals surface area contributed by atoms with Crippen LogP contribution in [0, 0.1) is 6.92 Å². The predicted molar refractivity (Wildman–Crippen MR) is 109 cm³/mol. The standard InChI is InChI=1S/C20H20N6OS/c1-13(2)15-5-7-17(8-6-15)26-20(22-23-24-26)28-12-16-10-19(27)25-11-14(3)4-9-18(25)21-16/h4-11,13H,12H2,1-3H3. The fourth-order valence-electron chi connectivity index (χ4n) is 2.90. The highest BCUT2D eigenvalue weighted by Gasteiger charge is 2.11. The van der Waals surface area contributed by atoms with Gasteiger partial charge >= 0.3 is 0 Å². The number of hydrogen-bond acceptors (Lipinski definition) is 6. The van der Waals surface area contributed by atoms with Gasteiger partial charge in [-0.05, 0) is 52.6 Å². The molecule has 0 spiro atoms. The maximum absolute atomic E-state index is 12.4. The normalized spacial score (nSPS) is 11.4. The van der Waals surface area contributed by atoms with Crippen molar-refractivity contribution in [1.29, 1.82) is 0 Å². The van der Waals surface area contributed by atoms with E-state index in [1.165, 1.54) is 17.3 Å². The Balaban J connectivity index is 1.57. The Labute approximate surface area is 166 Å². The van der Waals surface area contributed by atoms with Gasteiger partial charge in [0, 0.05) is 18.0 Å². The van der Waals surface area contributed by atoms with Crippen molar-refractivity contribution >= 4 is 17.4 Å². The molecule has 3 heterocycles. The number of aromatic nitrogens is 6. The molecule has 4 rings (SSSR count). The summed E-state index contributed by atoms with van der Waals surface area (Å²) in [6.07, 6.45) is 1.79. The molecular weight excluding hydrogens is 372 g/mol. The fraction of sp³-hybridized carbons (Fsp3) is 0.250. The minimum absolute atomic E-state index is 0.0897. The minimum Gasteiger partial charge on any atom is -0.269 e. The van der Waals surface area contributed by atoms with Crippen molar-refractivity contribution < 1.29 is 0 Å². The van der Waals surface area contributed by atoms with Crippen molar-refractivity contribution in [2.24, 2.45) is 0 Å². The van der Waals surface area contributed by atoms with Crippen LogP contribution in [-0.4, -0.2) is 29.6 Å². The van der Waals surface area contributed by atoms with Gasteiger partial charge in [0.25, 0.3) is 5.56 Å². The Morgan fingerprint density at radius 2 is 1.89 bits per heavy atom. The van der Waals surface area contributed by atoms with Crippen LogP contribution >= 0.6 is 11.8 Å². The summed E-state index contributed by atoms with van der Waals surface area (Å²) in [4.78, 5) is 16.9. The second kappa shape index (κ2) is 7.55. The van der Waals surface area contributed by atoms with Crippen molar-refractivity contribution in [2.75, 3.05) is 0 Å². The lowest BCUT2D eigenvalue weighted by atomic mass is 10.0. The molecule has 3 aromatic heterocycles. The van der Waals surface area contributed by atoms with Crippen LogP contribution in [0.5, 0.6) is 0 Å². The number of hydrogen-bond donors (Lipinski definition) is 0. The maximum Gasteiger partial charge on any atom is 0.258 e. The third kappa shape index (κ3) is 3.68. The largest absolute Gasteiger partial charge is 0.269 e. The van der Waals surface area contributed by atoms with Gasteiger partial charge in [0.05, 0.1) is 11.4 Å². The zero-order valence-corrected chi connectivity index (χ0v) is 16.7. The van der Waals surface area contributed by atoms with E-state index < -0.39 is 0 Å². The molecule has 0 saturated heterocycles. The molecule has 0 bridgehead atoms. The van der Waals surface area contributed by atoms with E-state index in [-0.39, 0.29) is 5.56 Å². The zero-order valence-electron chi connectivity index (χ0n) is 15.9. The van der Waals surface area contributed by atoms with E-state index >= 15 is 0 Å². The number of pyridine rings is 1. The summed E-state index contributed by atoms with van der Waals surface area (Å²) in [5, 5.41) is 12.7. The van der Waals surface area contributed by atoms with Crippen molar-refractivity contribution in [3.63, 3.8) is 0 Å². The van der Waals surface area contributed by atoms with E-state index in [0.29, 0.717) is 28.2 Å². The van der Waals surface area contributed by atoms with Gasteiger partial charge in [-0.3, -0.25) is 9.20 Å². The van der Waals surface area contributed by atoms with Gasteiger partial charge in [0.15, 0.2) is 0 Å². The van der Waals surface area contributed by atoms with Crippen molar-refractivity contribution in [2.45, 2.75) is 37.6 Å². The molecule has 0 radical (unpaired) electrons. The van der Waals surface area contributed by atoms with E-state index in [0.717, 1.165) is 11.3 Å². The first kappa shape index (κ1) is 18.4. The molecule has 1 aromatic carbocycles. The van der Waals surface area contributed by atoms with Crippen LogP contribution in [0.25, 0.3) is 11.3 Å². The van der Waals surface area contributed by atoms with Gasteiger partial charge < -0.3 is 0 Å². The van der Waals surface area contributed by atoms with E-state index in [1.54, 1.807) is 21.3 Å². The van der Waals surface area contributed by atoms with E-state index in [4.69, 9.17) is 0 Å². The van der Waals surface area contributed by atoms with Gasteiger partial charge in [-0.1, -0.05) is 43.8 Å². The van der Waals surface area contributed by atoms with Gasteiger partial charge in [0.2, 0.25) is 5.16 Å². The number of nitrogens with zero attached hydrogens (tertiary/aromatic N) is 6. The summed E-state index contributed by atoms with van der Waals surface area (Å²) in [5.74, 6) is 0.975. The van der Waals surface area contributed by atoms with Gasteiger partial charge in [-0.2, -0.15) is 4.68 Å². The van der Waals surface area contributed by atoms with Crippen LogP contribution < -0.4 is 5.56 Å². The van der Waals surface area contributed by atoms with Gasteiger partial charge in [0.1, 0.15) is 5.65 Å². The molecule has 0 N–H and O–H groups in total. The van der Waals surface area contributed by atoms with Crippen LogP contribution in [0.2, 0.25) is 0 Å². The molecule has 4 aromatic rings. The lowest BCUT2D eigenvalue weighted by Gasteiger charge is -2.08. The molecule has 0 fully saturated rings. The first-order valence-electron chi connectivity index (χ1n) is 9.02. The molecular formula is C20H20N6OS. The van der Waals surface area contributed by atoms with Crippen LogP contribution in [0.15, 0.2) is 58.6 Å². The summed E-state index contributed by atoms with van der Waals surface area (Å²) in [6.45, 7) is 6.27. The highest BCUT2D eigenvalue weighted by Crippen LogP contribution is 2.23. The van der Waals surface area contributed by atoms with Gasteiger partial charge in [-0.15, -0.1) is 5.10 Å². The summed E-state index contributed by atoms with van der Waals surface area (Å²) in [6, 6.07) is 13.6. The number of thioether (sulfide) groups is 1. The van der Waals surface area contributed by atoms with Crippen molar-refractivity contribution in [1.82, 2.24) is 29.6 Å². The number of benzene rings is 1. The summed E-state index contributed by atoms with van der Waals surface area (Å²) >= 11 is 1.45. The zero-order chi connectivity index (χ0) is 19.7. The van der Waals surface area contributed by atoms with Crippen LogP contribution in [0.4, 0.5) is 0 Å². The quantitative estimate of drug-likeness (QED) is 0.485. The van der Waals surface area contributed by atoms with Crippen molar-refractivity contribution in [3.8, 4) is 5.69 Å². The average molecular weight is 392 g/mol. The van der Waals surface area contributed by atoms with E-state index in [1.807, 2.05) is 31.2 Å². The molecule has 28 heavy (non-hydrogen) atoms. The first-order valence-corrected chi connectivity index (χ1v) is 10.0. The lowest BCUT2D eigenvalue weighted by Crippen LogP contribution is -2.15. The maximum atomic E-state index is 12.4. The molecule has 7 nitrogen and oxygen atoms in total. The molecule has 0 saturated carbocycles. The third-order valence-electron chi connectivity index (χ3n) is 4.45.